The Morgan fingerprint density at radius 1 is 1.67 bits per heavy atom. The van der Waals surface area contributed by atoms with E-state index in [1.54, 1.807) is 0 Å². The molecule has 0 radical (unpaired) electrons. The predicted molar refractivity (Wildman–Crippen MR) is 29.0 cm³/mol. The first-order chi connectivity index (χ1) is 4.18. The molecule has 0 unspecified atom stereocenters. The van der Waals surface area contributed by atoms with Gasteiger partial charge < -0.3 is 5.32 Å². The van der Waals surface area contributed by atoms with Gasteiger partial charge in [0.05, 0.1) is 6.54 Å². The van der Waals surface area contributed by atoms with Crippen molar-refractivity contribution in [3.8, 4) is 0 Å². The molecule has 0 saturated carbocycles. The molecule has 0 spiro atoms. The fraction of sp³-hybridized carbons (Fsp3) is 0.750. The number of amides is 1. The van der Waals surface area contributed by atoms with Crippen molar-refractivity contribution < 1.29 is 15.2 Å². The summed E-state index contributed by atoms with van der Waals surface area (Å²) in [6.07, 6.45) is 0. The second-order valence-electron chi connectivity index (χ2n) is 1.46. The second kappa shape index (κ2) is 4.25. The Kier molecular flexibility index (Phi) is 3.94. The number of nitrogens with zero attached hydrogens (tertiary/aromatic N) is 1. The summed E-state index contributed by atoms with van der Waals surface area (Å²) in [5, 5.41) is 18.3. The van der Waals surface area contributed by atoms with Gasteiger partial charge in [-0.3, -0.25) is 15.2 Å². The molecule has 5 heteroatoms. The average Bonchev–Trinajstić information content (AvgIpc) is 1.82. The van der Waals surface area contributed by atoms with Crippen LogP contribution in [0.25, 0.3) is 0 Å². The molecule has 1 amide bonds. The number of carbonyl (C=O) groups excluding carboxylic acids is 1. The van der Waals surface area contributed by atoms with Crippen molar-refractivity contribution >= 4 is 5.91 Å². The number of hydrogen-bond donors (Lipinski definition) is 3. The van der Waals surface area contributed by atoms with Gasteiger partial charge in [0.25, 0.3) is 5.91 Å². The molecule has 0 aliphatic carbocycles. The van der Waals surface area contributed by atoms with Crippen LogP contribution < -0.4 is 5.32 Å². The molecule has 0 aromatic heterocycles. The lowest BCUT2D eigenvalue weighted by Crippen LogP contribution is -2.33. The van der Waals surface area contributed by atoms with Crippen LogP contribution in [0.1, 0.15) is 6.92 Å². The molecular formula is C4H10N2O3. The number of hydroxylamine groups is 2. The minimum atomic E-state index is -0.767. The van der Waals surface area contributed by atoms with Crippen molar-refractivity contribution in [3.63, 3.8) is 0 Å². The molecule has 0 aliphatic rings. The van der Waals surface area contributed by atoms with Gasteiger partial charge >= 0.3 is 0 Å². The number of rotatable bonds is 3. The fourth-order valence-corrected chi connectivity index (χ4v) is 0.303. The molecule has 0 atom stereocenters. The van der Waals surface area contributed by atoms with Crippen LogP contribution in [-0.2, 0) is 4.79 Å². The van der Waals surface area contributed by atoms with E-state index in [1.165, 1.54) is 0 Å². The lowest BCUT2D eigenvalue weighted by atomic mass is 10.6. The van der Waals surface area contributed by atoms with E-state index in [2.05, 4.69) is 5.32 Å². The highest BCUT2D eigenvalue weighted by Crippen LogP contribution is 1.72. The van der Waals surface area contributed by atoms with Gasteiger partial charge in [-0.05, 0) is 6.54 Å². The van der Waals surface area contributed by atoms with E-state index in [9.17, 15) is 4.79 Å². The minimum Gasteiger partial charge on any atom is -0.309 e. The molecule has 0 rings (SSSR count). The SMILES string of the molecule is CCNCC(=O)N(O)O. The van der Waals surface area contributed by atoms with E-state index >= 15 is 0 Å². The van der Waals surface area contributed by atoms with Crippen LogP contribution in [0.15, 0.2) is 0 Å². The molecule has 0 saturated heterocycles. The van der Waals surface area contributed by atoms with Crippen LogP contribution >= 0.6 is 0 Å². The standard InChI is InChI=1S/C4H10N2O3/c1-2-5-3-4(7)6(8)9/h5,8-9H,2-3H2,1H3. The minimum absolute atomic E-state index is 0.0521. The molecular weight excluding hydrogens is 124 g/mol. The first kappa shape index (κ1) is 8.35. The normalized spacial score (nSPS) is 9.22. The molecule has 3 N–H and O–H groups in total. The number of nitrogens with one attached hydrogen (secondary N) is 1. The summed E-state index contributed by atoms with van der Waals surface area (Å²) in [7, 11) is 0. The summed E-state index contributed by atoms with van der Waals surface area (Å²) in [6.45, 7) is 2.38. The Morgan fingerprint density at radius 3 is 2.56 bits per heavy atom. The van der Waals surface area contributed by atoms with E-state index in [-0.39, 0.29) is 6.54 Å². The molecule has 0 aliphatic heterocycles. The largest absolute Gasteiger partial charge is 0.309 e. The van der Waals surface area contributed by atoms with E-state index in [0.717, 1.165) is 0 Å². The third-order valence-electron chi connectivity index (χ3n) is 0.749. The Morgan fingerprint density at radius 2 is 2.22 bits per heavy atom. The molecule has 0 aromatic carbocycles. The zero-order valence-corrected chi connectivity index (χ0v) is 5.16. The fourth-order valence-electron chi connectivity index (χ4n) is 0.303. The number of hydrogen-bond acceptors (Lipinski definition) is 4. The van der Waals surface area contributed by atoms with Crippen LogP contribution in [0.4, 0.5) is 0 Å². The van der Waals surface area contributed by atoms with Crippen LogP contribution in [0.3, 0.4) is 0 Å². The summed E-state index contributed by atoms with van der Waals surface area (Å²) < 4.78 is 0. The lowest BCUT2D eigenvalue weighted by Gasteiger charge is -2.04. The van der Waals surface area contributed by atoms with Gasteiger partial charge in [0.15, 0.2) is 0 Å². The van der Waals surface area contributed by atoms with Gasteiger partial charge in [0.2, 0.25) is 0 Å². The highest BCUT2D eigenvalue weighted by molar-refractivity contribution is 5.75. The zero-order chi connectivity index (χ0) is 7.28. The third-order valence-corrected chi connectivity index (χ3v) is 0.749. The van der Waals surface area contributed by atoms with Gasteiger partial charge in [0, 0.05) is 0 Å². The monoisotopic (exact) mass is 134 g/mol. The predicted octanol–water partition coefficient (Wildman–Crippen LogP) is -0.797. The average molecular weight is 134 g/mol. The van der Waals surface area contributed by atoms with Gasteiger partial charge in [-0.1, -0.05) is 12.2 Å². The number of carbonyl (C=O) groups is 1. The topological polar surface area (TPSA) is 72.8 Å². The maximum atomic E-state index is 10.3. The summed E-state index contributed by atoms with van der Waals surface area (Å²) in [6, 6.07) is 0. The van der Waals surface area contributed by atoms with Crippen molar-refractivity contribution in [1.29, 1.82) is 0 Å². The number of likely N-dealkylation sites (N-methyl/N-ethyl adjacent to an activating group) is 1. The summed E-state index contributed by atoms with van der Waals surface area (Å²) in [4.78, 5) is 10.3. The Labute approximate surface area is 52.8 Å². The Balaban J connectivity index is 3.28. The smallest absolute Gasteiger partial charge is 0.286 e. The van der Waals surface area contributed by atoms with E-state index < -0.39 is 11.1 Å². The van der Waals surface area contributed by atoms with Crippen LogP contribution in [0.5, 0.6) is 0 Å². The molecule has 0 fully saturated rings. The first-order valence-corrected chi connectivity index (χ1v) is 2.60. The quantitative estimate of drug-likeness (QED) is 0.349. The van der Waals surface area contributed by atoms with E-state index in [4.69, 9.17) is 10.4 Å². The summed E-state index contributed by atoms with van der Waals surface area (Å²) in [5.74, 6) is -0.767. The van der Waals surface area contributed by atoms with Crippen LogP contribution in [-0.4, -0.2) is 34.6 Å². The molecule has 5 nitrogen and oxygen atoms in total. The Bertz CT molecular complexity index is 93.8. The van der Waals surface area contributed by atoms with Gasteiger partial charge in [-0.15, -0.1) is 0 Å². The molecule has 54 valence electrons. The molecule has 0 aromatic rings. The third kappa shape index (κ3) is 3.89. The van der Waals surface area contributed by atoms with Gasteiger partial charge in [-0.25, -0.2) is 0 Å². The van der Waals surface area contributed by atoms with Gasteiger partial charge in [-0.2, -0.15) is 0 Å². The highest BCUT2D eigenvalue weighted by atomic mass is 16.8. The lowest BCUT2D eigenvalue weighted by molar-refractivity contribution is -0.284. The second-order valence-corrected chi connectivity index (χ2v) is 1.46. The first-order valence-electron chi connectivity index (χ1n) is 2.60. The van der Waals surface area contributed by atoms with Crippen LogP contribution in [0, 0.1) is 0 Å². The Hall–Kier alpha value is -0.650. The van der Waals surface area contributed by atoms with E-state index in [0.29, 0.717) is 6.54 Å². The van der Waals surface area contributed by atoms with E-state index in [1.807, 2.05) is 6.92 Å². The van der Waals surface area contributed by atoms with Crippen molar-refractivity contribution in [2.45, 2.75) is 6.92 Å². The van der Waals surface area contributed by atoms with Crippen molar-refractivity contribution in [3.05, 3.63) is 0 Å². The van der Waals surface area contributed by atoms with Crippen molar-refractivity contribution in [2.75, 3.05) is 13.1 Å². The highest BCUT2D eigenvalue weighted by Gasteiger charge is 2.04. The maximum absolute atomic E-state index is 10.3. The summed E-state index contributed by atoms with van der Waals surface area (Å²) >= 11 is 0. The van der Waals surface area contributed by atoms with Gasteiger partial charge in [0.1, 0.15) is 0 Å². The van der Waals surface area contributed by atoms with Crippen LogP contribution in [0.2, 0.25) is 0 Å². The molecule has 9 heavy (non-hydrogen) atoms. The molecule has 0 bridgehead atoms. The maximum Gasteiger partial charge on any atom is 0.286 e. The zero-order valence-electron chi connectivity index (χ0n) is 5.16. The van der Waals surface area contributed by atoms with Crippen molar-refractivity contribution in [2.24, 2.45) is 0 Å². The molecule has 0 heterocycles. The summed E-state index contributed by atoms with van der Waals surface area (Å²) in [5.41, 5.74) is 0. The van der Waals surface area contributed by atoms with Crippen molar-refractivity contribution in [1.82, 2.24) is 10.5 Å².